The van der Waals surface area contributed by atoms with Crippen molar-refractivity contribution in [3.8, 4) is 0 Å². The zero-order valence-electron chi connectivity index (χ0n) is 13.1. The number of fused-ring (bicyclic) bond motifs is 1. The van der Waals surface area contributed by atoms with Crippen molar-refractivity contribution in [2.75, 3.05) is 24.5 Å². The molecule has 0 bridgehead atoms. The Labute approximate surface area is 138 Å². The maximum atomic E-state index is 12.1. The van der Waals surface area contributed by atoms with E-state index in [1.54, 1.807) is 0 Å². The molecular weight excluding hydrogens is 308 g/mol. The maximum Gasteiger partial charge on any atom is 0.215 e. The number of hydrogen-bond acceptors (Lipinski definition) is 3. The molecule has 0 spiro atoms. The number of rotatable bonds is 7. The van der Waals surface area contributed by atoms with Gasteiger partial charge in [0, 0.05) is 25.3 Å². The Bertz CT molecular complexity index is 745. The molecule has 0 aliphatic carbocycles. The highest BCUT2D eigenvalue weighted by molar-refractivity contribution is 7.88. The SMILES string of the molecule is O=S(=O)(Cc1ccccc1)NCCCN1CCc2ccccc21. The Balaban J connectivity index is 1.45. The second-order valence-electron chi connectivity index (χ2n) is 5.86. The van der Waals surface area contributed by atoms with Gasteiger partial charge in [0.2, 0.25) is 10.0 Å². The lowest BCUT2D eigenvalue weighted by Crippen LogP contribution is -2.30. The van der Waals surface area contributed by atoms with E-state index in [1.807, 2.05) is 30.3 Å². The normalized spacial score (nSPS) is 14.0. The Morgan fingerprint density at radius 1 is 1.00 bits per heavy atom. The van der Waals surface area contributed by atoms with Crippen LogP contribution in [0.2, 0.25) is 0 Å². The molecule has 1 aliphatic heterocycles. The minimum absolute atomic E-state index is 0.0421. The topological polar surface area (TPSA) is 49.4 Å². The van der Waals surface area contributed by atoms with Gasteiger partial charge in [-0.05, 0) is 30.0 Å². The van der Waals surface area contributed by atoms with Gasteiger partial charge in [0.05, 0.1) is 5.75 Å². The molecular formula is C18H22N2O2S. The van der Waals surface area contributed by atoms with Crippen molar-refractivity contribution in [2.45, 2.75) is 18.6 Å². The van der Waals surface area contributed by atoms with Crippen molar-refractivity contribution in [3.05, 3.63) is 65.7 Å². The molecule has 2 aromatic rings. The molecule has 0 radical (unpaired) electrons. The lowest BCUT2D eigenvalue weighted by atomic mass is 10.2. The number of benzene rings is 2. The Hall–Kier alpha value is -1.85. The molecule has 3 rings (SSSR count). The van der Waals surface area contributed by atoms with Crippen molar-refractivity contribution >= 4 is 15.7 Å². The van der Waals surface area contributed by atoms with Crippen LogP contribution in [0, 0.1) is 0 Å². The molecule has 0 unspecified atom stereocenters. The molecule has 4 nitrogen and oxygen atoms in total. The van der Waals surface area contributed by atoms with E-state index in [4.69, 9.17) is 0 Å². The van der Waals surface area contributed by atoms with E-state index in [0.717, 1.165) is 31.5 Å². The molecule has 0 fully saturated rings. The average Bonchev–Trinajstić information content (AvgIpc) is 2.95. The van der Waals surface area contributed by atoms with E-state index < -0.39 is 10.0 Å². The zero-order chi connectivity index (χ0) is 16.1. The molecule has 0 atom stereocenters. The predicted octanol–water partition coefficient (Wildman–Crippen LogP) is 2.56. The van der Waals surface area contributed by atoms with Crippen molar-refractivity contribution in [2.24, 2.45) is 0 Å². The van der Waals surface area contributed by atoms with Gasteiger partial charge >= 0.3 is 0 Å². The molecule has 1 aliphatic rings. The van der Waals surface area contributed by atoms with E-state index in [-0.39, 0.29) is 5.75 Å². The van der Waals surface area contributed by atoms with Gasteiger partial charge in [-0.2, -0.15) is 0 Å². The van der Waals surface area contributed by atoms with Crippen LogP contribution in [0.3, 0.4) is 0 Å². The van der Waals surface area contributed by atoms with Crippen molar-refractivity contribution in [1.29, 1.82) is 0 Å². The van der Waals surface area contributed by atoms with Gasteiger partial charge in [-0.3, -0.25) is 0 Å². The van der Waals surface area contributed by atoms with Crippen LogP contribution in [0.1, 0.15) is 17.5 Å². The molecule has 1 N–H and O–H groups in total. The summed E-state index contributed by atoms with van der Waals surface area (Å²) in [6.45, 7) is 2.38. The zero-order valence-corrected chi connectivity index (χ0v) is 13.9. The van der Waals surface area contributed by atoms with Crippen LogP contribution in [-0.4, -0.2) is 28.1 Å². The number of nitrogens with one attached hydrogen (secondary N) is 1. The van der Waals surface area contributed by atoms with Crippen LogP contribution in [-0.2, 0) is 22.2 Å². The van der Waals surface area contributed by atoms with Gasteiger partial charge in [0.1, 0.15) is 0 Å². The third-order valence-electron chi connectivity index (χ3n) is 4.11. The quantitative estimate of drug-likeness (QED) is 0.794. The summed E-state index contributed by atoms with van der Waals surface area (Å²) in [5.41, 5.74) is 3.49. The van der Waals surface area contributed by atoms with Gasteiger partial charge in [0.25, 0.3) is 0 Å². The summed E-state index contributed by atoms with van der Waals surface area (Å²) < 4.78 is 26.8. The van der Waals surface area contributed by atoms with Gasteiger partial charge < -0.3 is 4.90 Å². The summed E-state index contributed by atoms with van der Waals surface area (Å²) in [6.07, 6.45) is 1.89. The third kappa shape index (κ3) is 4.33. The fraction of sp³-hybridized carbons (Fsp3) is 0.333. The number of anilines is 1. The van der Waals surface area contributed by atoms with E-state index in [2.05, 4.69) is 33.9 Å². The van der Waals surface area contributed by atoms with Crippen molar-refractivity contribution in [1.82, 2.24) is 4.72 Å². The van der Waals surface area contributed by atoms with Gasteiger partial charge in [-0.15, -0.1) is 0 Å². The van der Waals surface area contributed by atoms with Crippen LogP contribution >= 0.6 is 0 Å². The number of sulfonamides is 1. The van der Waals surface area contributed by atoms with Crippen LogP contribution in [0.15, 0.2) is 54.6 Å². The molecule has 1 heterocycles. The van der Waals surface area contributed by atoms with Crippen LogP contribution in [0.5, 0.6) is 0 Å². The number of nitrogens with zero attached hydrogens (tertiary/aromatic N) is 1. The smallest absolute Gasteiger partial charge is 0.215 e. The Morgan fingerprint density at radius 3 is 2.57 bits per heavy atom. The maximum absolute atomic E-state index is 12.1. The first kappa shape index (κ1) is 16.0. The molecule has 0 saturated carbocycles. The summed E-state index contributed by atoms with van der Waals surface area (Å²) >= 11 is 0. The monoisotopic (exact) mass is 330 g/mol. The number of hydrogen-bond donors (Lipinski definition) is 1. The highest BCUT2D eigenvalue weighted by atomic mass is 32.2. The summed E-state index contributed by atoms with van der Waals surface area (Å²) in [7, 11) is -3.26. The van der Waals surface area contributed by atoms with Gasteiger partial charge in [-0.25, -0.2) is 13.1 Å². The predicted molar refractivity (Wildman–Crippen MR) is 94.0 cm³/mol. The first-order valence-electron chi connectivity index (χ1n) is 7.98. The van der Waals surface area contributed by atoms with Crippen molar-refractivity contribution in [3.63, 3.8) is 0 Å². The second-order valence-corrected chi connectivity index (χ2v) is 7.67. The van der Waals surface area contributed by atoms with E-state index >= 15 is 0 Å². The summed E-state index contributed by atoms with van der Waals surface area (Å²) in [5.74, 6) is 0.0421. The van der Waals surface area contributed by atoms with E-state index in [0.29, 0.717) is 6.54 Å². The van der Waals surface area contributed by atoms with Crippen molar-refractivity contribution < 1.29 is 8.42 Å². The largest absolute Gasteiger partial charge is 0.371 e. The first-order chi connectivity index (χ1) is 11.1. The second kappa shape index (κ2) is 7.15. The number of para-hydroxylation sites is 1. The van der Waals surface area contributed by atoms with Gasteiger partial charge in [0.15, 0.2) is 0 Å². The summed E-state index contributed by atoms with van der Waals surface area (Å²) in [4.78, 5) is 2.33. The Morgan fingerprint density at radius 2 is 1.74 bits per heavy atom. The molecule has 122 valence electrons. The first-order valence-corrected chi connectivity index (χ1v) is 9.63. The molecule has 0 saturated heterocycles. The summed E-state index contributed by atoms with van der Waals surface area (Å²) in [6, 6.07) is 17.7. The lowest BCUT2D eigenvalue weighted by molar-refractivity contribution is 0.577. The molecule has 2 aromatic carbocycles. The van der Waals surface area contributed by atoms with E-state index in [9.17, 15) is 8.42 Å². The van der Waals surface area contributed by atoms with Crippen LogP contribution in [0.4, 0.5) is 5.69 Å². The molecule has 0 amide bonds. The summed E-state index contributed by atoms with van der Waals surface area (Å²) in [5, 5.41) is 0. The van der Waals surface area contributed by atoms with Crippen LogP contribution in [0.25, 0.3) is 0 Å². The average molecular weight is 330 g/mol. The van der Waals surface area contributed by atoms with E-state index in [1.165, 1.54) is 11.3 Å². The fourth-order valence-electron chi connectivity index (χ4n) is 2.98. The molecule has 5 heteroatoms. The minimum Gasteiger partial charge on any atom is -0.371 e. The highest BCUT2D eigenvalue weighted by Crippen LogP contribution is 2.27. The fourth-order valence-corrected chi connectivity index (χ4v) is 4.17. The highest BCUT2D eigenvalue weighted by Gasteiger charge is 2.17. The standard InChI is InChI=1S/C18H22N2O2S/c21-23(22,15-16-7-2-1-3-8-16)19-12-6-13-20-14-11-17-9-4-5-10-18(17)20/h1-5,7-10,19H,6,11-15H2. The minimum atomic E-state index is -3.26. The third-order valence-corrected chi connectivity index (χ3v) is 5.47. The van der Waals surface area contributed by atoms with Crippen LogP contribution < -0.4 is 9.62 Å². The Kier molecular flexibility index (Phi) is 4.98. The lowest BCUT2D eigenvalue weighted by Gasteiger charge is -2.19. The molecule has 23 heavy (non-hydrogen) atoms. The molecule has 0 aromatic heterocycles. The van der Waals surface area contributed by atoms with Gasteiger partial charge in [-0.1, -0.05) is 48.5 Å².